The summed E-state index contributed by atoms with van der Waals surface area (Å²) in [6.07, 6.45) is 2.38. The van der Waals surface area contributed by atoms with Gasteiger partial charge in [0, 0.05) is 5.92 Å². The van der Waals surface area contributed by atoms with Gasteiger partial charge in [0.15, 0.2) is 0 Å². The number of carbonyl (C=O) groups is 1. The molecule has 0 bridgehead atoms. The van der Waals surface area contributed by atoms with Crippen molar-refractivity contribution >= 4 is 5.97 Å². The molecule has 5 heteroatoms. The summed E-state index contributed by atoms with van der Waals surface area (Å²) < 4.78 is 21.4. The van der Waals surface area contributed by atoms with Crippen LogP contribution in [-0.4, -0.2) is 37.7 Å². The number of hydrogen-bond donors (Lipinski definition) is 0. The Bertz CT molecular complexity index is 403. The number of epoxide rings is 1. The zero-order chi connectivity index (χ0) is 10.9. The largest absolute Gasteiger partial charge is 0.472 e. The lowest BCUT2D eigenvalue weighted by molar-refractivity contribution is -0.142. The maximum atomic E-state index is 11.6. The van der Waals surface area contributed by atoms with E-state index in [0.717, 1.165) is 6.42 Å². The third-order valence-corrected chi connectivity index (χ3v) is 4.23. The molecule has 0 aromatic carbocycles. The lowest BCUT2D eigenvalue weighted by atomic mass is 9.83. The van der Waals surface area contributed by atoms with Gasteiger partial charge in [0.2, 0.25) is 6.29 Å². The SMILES string of the molecule is COC(=O)C1=CO[C@H]2OC[C@@]34O[C@@H]3C[C@@H]1[C@@H]24. The van der Waals surface area contributed by atoms with E-state index in [-0.39, 0.29) is 35.8 Å². The lowest BCUT2D eigenvalue weighted by Crippen LogP contribution is -2.36. The zero-order valence-corrected chi connectivity index (χ0v) is 8.84. The highest BCUT2D eigenvalue weighted by Crippen LogP contribution is 2.64. The van der Waals surface area contributed by atoms with E-state index in [1.54, 1.807) is 0 Å². The Morgan fingerprint density at radius 3 is 3.31 bits per heavy atom. The van der Waals surface area contributed by atoms with Crippen molar-refractivity contribution in [2.24, 2.45) is 11.8 Å². The van der Waals surface area contributed by atoms with Crippen LogP contribution in [0.2, 0.25) is 0 Å². The van der Waals surface area contributed by atoms with Crippen LogP contribution >= 0.6 is 0 Å². The molecule has 0 unspecified atom stereocenters. The molecule has 4 aliphatic rings. The van der Waals surface area contributed by atoms with Gasteiger partial charge in [-0.05, 0) is 6.42 Å². The fourth-order valence-corrected chi connectivity index (χ4v) is 3.44. The second-order valence-electron chi connectivity index (χ2n) is 4.81. The summed E-state index contributed by atoms with van der Waals surface area (Å²) in [7, 11) is 1.39. The van der Waals surface area contributed by atoms with Crippen LogP contribution in [0.3, 0.4) is 0 Å². The molecule has 1 aliphatic carbocycles. The van der Waals surface area contributed by atoms with Gasteiger partial charge in [0.1, 0.15) is 5.60 Å². The number of rotatable bonds is 1. The van der Waals surface area contributed by atoms with Crippen LogP contribution in [0.15, 0.2) is 11.8 Å². The standard InChI is InChI=1S/C11H12O5/c1-13-9(12)6-3-14-10-8-5(6)2-7-11(8,16-7)4-15-10/h3,5,7-8,10H,2,4H2,1H3/t5-,7+,8-,10-,11+/m0/s1. The Balaban J connectivity index is 1.73. The first-order valence-corrected chi connectivity index (χ1v) is 5.49. The van der Waals surface area contributed by atoms with E-state index in [2.05, 4.69) is 0 Å². The van der Waals surface area contributed by atoms with E-state index in [4.69, 9.17) is 18.9 Å². The second kappa shape index (κ2) is 2.60. The molecule has 5 nitrogen and oxygen atoms in total. The molecule has 0 radical (unpaired) electrons. The second-order valence-corrected chi connectivity index (χ2v) is 4.81. The Hall–Kier alpha value is -1.07. The highest BCUT2D eigenvalue weighted by molar-refractivity contribution is 5.89. The first kappa shape index (κ1) is 9.01. The number of carbonyl (C=O) groups excluding carboxylic acids is 1. The molecule has 0 aromatic heterocycles. The van der Waals surface area contributed by atoms with Crippen molar-refractivity contribution < 1.29 is 23.7 Å². The summed E-state index contributed by atoms with van der Waals surface area (Å²) in [5, 5.41) is 0. The molecule has 0 N–H and O–H groups in total. The first-order chi connectivity index (χ1) is 7.76. The third kappa shape index (κ3) is 0.836. The summed E-state index contributed by atoms with van der Waals surface area (Å²) in [6, 6.07) is 0. The topological polar surface area (TPSA) is 57.3 Å². The fraction of sp³-hybridized carbons (Fsp3) is 0.727. The number of hydrogen-bond acceptors (Lipinski definition) is 5. The Labute approximate surface area is 92.3 Å². The predicted molar refractivity (Wildman–Crippen MR) is 50.1 cm³/mol. The number of methoxy groups -OCH3 is 1. The van der Waals surface area contributed by atoms with Crippen LogP contribution in [0.25, 0.3) is 0 Å². The van der Waals surface area contributed by atoms with Gasteiger partial charge in [-0.1, -0.05) is 0 Å². The summed E-state index contributed by atoms with van der Waals surface area (Å²) in [6.45, 7) is 0.589. The molecule has 86 valence electrons. The van der Waals surface area contributed by atoms with Crippen molar-refractivity contribution in [3.05, 3.63) is 11.8 Å². The smallest absolute Gasteiger partial charge is 0.337 e. The monoisotopic (exact) mass is 224 g/mol. The molecule has 3 heterocycles. The van der Waals surface area contributed by atoms with E-state index in [9.17, 15) is 4.79 Å². The molecule has 16 heavy (non-hydrogen) atoms. The van der Waals surface area contributed by atoms with Gasteiger partial charge in [-0.2, -0.15) is 0 Å². The minimum absolute atomic E-state index is 0.164. The van der Waals surface area contributed by atoms with Crippen LogP contribution in [-0.2, 0) is 23.7 Å². The normalized spacial score (nSPS) is 51.2. The molecule has 3 aliphatic heterocycles. The van der Waals surface area contributed by atoms with Crippen molar-refractivity contribution in [2.75, 3.05) is 13.7 Å². The molecule has 3 fully saturated rings. The summed E-state index contributed by atoms with van der Waals surface area (Å²) in [4.78, 5) is 11.6. The van der Waals surface area contributed by atoms with Crippen LogP contribution < -0.4 is 0 Å². The fourth-order valence-electron chi connectivity index (χ4n) is 3.44. The van der Waals surface area contributed by atoms with Gasteiger partial charge in [-0.15, -0.1) is 0 Å². The van der Waals surface area contributed by atoms with Gasteiger partial charge in [-0.25, -0.2) is 4.79 Å². The van der Waals surface area contributed by atoms with Crippen LogP contribution in [0.5, 0.6) is 0 Å². The average Bonchev–Trinajstić information content (AvgIpc) is 2.70. The third-order valence-electron chi connectivity index (χ3n) is 4.23. The van der Waals surface area contributed by atoms with Crippen LogP contribution in [0.1, 0.15) is 6.42 Å². The Kier molecular flexibility index (Phi) is 1.46. The maximum absolute atomic E-state index is 11.6. The molecule has 1 spiro atoms. The molecule has 0 aromatic rings. The van der Waals surface area contributed by atoms with Crippen LogP contribution in [0, 0.1) is 11.8 Å². The molecule has 5 atom stereocenters. The van der Waals surface area contributed by atoms with Gasteiger partial charge in [0.25, 0.3) is 0 Å². The molecule has 1 saturated carbocycles. The minimum atomic E-state index is -0.299. The van der Waals surface area contributed by atoms with Crippen molar-refractivity contribution in [1.29, 1.82) is 0 Å². The van der Waals surface area contributed by atoms with Crippen LogP contribution in [0.4, 0.5) is 0 Å². The lowest BCUT2D eigenvalue weighted by Gasteiger charge is -2.30. The van der Waals surface area contributed by atoms with E-state index in [0.29, 0.717) is 12.2 Å². The summed E-state index contributed by atoms with van der Waals surface area (Å²) >= 11 is 0. The molecule has 2 saturated heterocycles. The van der Waals surface area contributed by atoms with E-state index < -0.39 is 0 Å². The summed E-state index contributed by atoms with van der Waals surface area (Å²) in [5.41, 5.74) is 0.465. The predicted octanol–water partition coefficient (Wildman–Crippen LogP) is 0.203. The number of ether oxygens (including phenoxy) is 4. The number of esters is 1. The van der Waals surface area contributed by atoms with E-state index in [1.165, 1.54) is 13.4 Å². The quantitative estimate of drug-likeness (QED) is 0.470. The van der Waals surface area contributed by atoms with Gasteiger partial charge < -0.3 is 18.9 Å². The average molecular weight is 224 g/mol. The molecular weight excluding hydrogens is 212 g/mol. The van der Waals surface area contributed by atoms with Gasteiger partial charge in [0.05, 0.1) is 37.6 Å². The highest BCUT2D eigenvalue weighted by Gasteiger charge is 2.76. The van der Waals surface area contributed by atoms with Gasteiger partial charge in [-0.3, -0.25) is 0 Å². The van der Waals surface area contributed by atoms with Crippen molar-refractivity contribution in [3.8, 4) is 0 Å². The molecule has 0 amide bonds. The molecular formula is C11H12O5. The first-order valence-electron chi connectivity index (χ1n) is 5.49. The van der Waals surface area contributed by atoms with E-state index in [1.807, 2.05) is 0 Å². The maximum Gasteiger partial charge on any atom is 0.337 e. The Morgan fingerprint density at radius 2 is 2.50 bits per heavy atom. The highest BCUT2D eigenvalue weighted by atomic mass is 16.7. The summed E-state index contributed by atoms with van der Waals surface area (Å²) in [5.74, 6) is 0.0378. The molecule has 4 rings (SSSR count). The van der Waals surface area contributed by atoms with Gasteiger partial charge >= 0.3 is 5.97 Å². The van der Waals surface area contributed by atoms with E-state index >= 15 is 0 Å². The minimum Gasteiger partial charge on any atom is -0.472 e. The Morgan fingerprint density at radius 1 is 1.62 bits per heavy atom. The van der Waals surface area contributed by atoms with Crippen molar-refractivity contribution in [2.45, 2.75) is 24.4 Å². The van der Waals surface area contributed by atoms with Crippen molar-refractivity contribution in [3.63, 3.8) is 0 Å². The zero-order valence-electron chi connectivity index (χ0n) is 8.84. The van der Waals surface area contributed by atoms with Crippen molar-refractivity contribution in [1.82, 2.24) is 0 Å².